The molecule has 0 fully saturated rings. The van der Waals surface area contributed by atoms with Crippen LogP contribution < -0.4 is 14.8 Å². The Bertz CT molecular complexity index is 856. The van der Waals surface area contributed by atoms with Crippen LogP contribution in [0.25, 0.3) is 4.96 Å². The first-order valence-corrected chi connectivity index (χ1v) is 7.78. The summed E-state index contributed by atoms with van der Waals surface area (Å²) in [5.41, 5.74) is 1.02. The van der Waals surface area contributed by atoms with Crippen molar-refractivity contribution in [2.24, 2.45) is 0 Å². The van der Waals surface area contributed by atoms with Gasteiger partial charge in [0.1, 0.15) is 0 Å². The average molecular weight is 332 g/mol. The van der Waals surface area contributed by atoms with E-state index in [1.807, 2.05) is 26.0 Å². The normalized spacial score (nSPS) is 10.7. The third kappa shape index (κ3) is 3.11. The number of nitrogens with zero attached hydrogens (tertiary/aromatic N) is 3. The SMILES string of the molecule is COc1ccccc1OCC(=O)Nc1nc2sc(C)c(C)n2n1. The molecule has 120 valence electrons. The molecule has 0 saturated heterocycles. The van der Waals surface area contributed by atoms with Crippen molar-refractivity contribution in [1.82, 2.24) is 14.6 Å². The molecular weight excluding hydrogens is 316 g/mol. The van der Waals surface area contributed by atoms with Gasteiger partial charge in [-0.25, -0.2) is 4.52 Å². The Morgan fingerprint density at radius 3 is 2.74 bits per heavy atom. The molecule has 8 heteroatoms. The molecule has 0 radical (unpaired) electrons. The summed E-state index contributed by atoms with van der Waals surface area (Å²) in [5, 5.41) is 6.90. The first-order chi connectivity index (χ1) is 11.1. The molecule has 23 heavy (non-hydrogen) atoms. The van der Waals surface area contributed by atoms with E-state index in [4.69, 9.17) is 9.47 Å². The number of benzene rings is 1. The molecule has 0 aliphatic carbocycles. The third-order valence-corrected chi connectivity index (χ3v) is 4.38. The molecule has 3 aromatic rings. The summed E-state index contributed by atoms with van der Waals surface area (Å²) in [6.45, 7) is 3.82. The number of hydrogen-bond acceptors (Lipinski definition) is 6. The van der Waals surface area contributed by atoms with Crippen LogP contribution in [0.3, 0.4) is 0 Å². The summed E-state index contributed by atoms with van der Waals surface area (Å²) in [7, 11) is 1.55. The van der Waals surface area contributed by atoms with E-state index in [9.17, 15) is 4.79 Å². The van der Waals surface area contributed by atoms with Crippen LogP contribution in [0.2, 0.25) is 0 Å². The minimum Gasteiger partial charge on any atom is -0.493 e. The number of carbonyl (C=O) groups excluding carboxylic acids is 1. The van der Waals surface area contributed by atoms with Crippen molar-refractivity contribution >= 4 is 28.2 Å². The van der Waals surface area contributed by atoms with Gasteiger partial charge >= 0.3 is 0 Å². The number of thiazole rings is 1. The van der Waals surface area contributed by atoms with Gasteiger partial charge in [0.25, 0.3) is 11.9 Å². The molecule has 1 aromatic carbocycles. The standard InChI is InChI=1S/C15H16N4O3S/c1-9-10(2)23-15-17-14(18-19(9)15)16-13(20)8-22-12-7-5-4-6-11(12)21-3/h4-7H,8H2,1-3H3,(H,16,18,20). The Morgan fingerprint density at radius 2 is 2.04 bits per heavy atom. The van der Waals surface area contributed by atoms with Crippen molar-refractivity contribution in [3.8, 4) is 11.5 Å². The van der Waals surface area contributed by atoms with Gasteiger partial charge in [-0.05, 0) is 26.0 Å². The van der Waals surface area contributed by atoms with Crippen molar-refractivity contribution in [3.05, 3.63) is 34.8 Å². The third-order valence-electron chi connectivity index (χ3n) is 3.33. The van der Waals surface area contributed by atoms with Gasteiger partial charge in [-0.3, -0.25) is 10.1 Å². The van der Waals surface area contributed by atoms with E-state index in [0.717, 1.165) is 15.5 Å². The summed E-state index contributed by atoms with van der Waals surface area (Å²) >= 11 is 1.53. The van der Waals surface area contributed by atoms with Gasteiger partial charge in [-0.2, -0.15) is 4.98 Å². The zero-order chi connectivity index (χ0) is 16.4. The molecule has 0 aliphatic heterocycles. The van der Waals surface area contributed by atoms with Crippen molar-refractivity contribution < 1.29 is 14.3 Å². The van der Waals surface area contributed by atoms with Gasteiger partial charge in [0.2, 0.25) is 4.96 Å². The second-order valence-corrected chi connectivity index (χ2v) is 6.04. The lowest BCUT2D eigenvalue weighted by Crippen LogP contribution is -2.21. The fourth-order valence-corrected chi connectivity index (χ4v) is 2.94. The largest absolute Gasteiger partial charge is 0.493 e. The molecule has 0 unspecified atom stereocenters. The predicted molar refractivity (Wildman–Crippen MR) is 87.5 cm³/mol. The average Bonchev–Trinajstić information content (AvgIpc) is 3.05. The molecule has 0 aliphatic rings. The van der Waals surface area contributed by atoms with Crippen LogP contribution in [0.4, 0.5) is 5.95 Å². The quantitative estimate of drug-likeness (QED) is 0.776. The summed E-state index contributed by atoms with van der Waals surface area (Å²) in [6, 6.07) is 7.15. The highest BCUT2D eigenvalue weighted by atomic mass is 32.1. The number of aromatic nitrogens is 3. The smallest absolute Gasteiger partial charge is 0.264 e. The Hall–Kier alpha value is -2.61. The maximum Gasteiger partial charge on any atom is 0.264 e. The van der Waals surface area contributed by atoms with Crippen molar-refractivity contribution in [2.75, 3.05) is 19.0 Å². The van der Waals surface area contributed by atoms with Crippen LogP contribution in [0, 0.1) is 13.8 Å². The van der Waals surface area contributed by atoms with E-state index in [2.05, 4.69) is 15.4 Å². The Kier molecular flexibility index (Phi) is 4.16. The molecule has 2 aromatic heterocycles. The predicted octanol–water partition coefficient (Wildman–Crippen LogP) is 2.43. The first-order valence-electron chi connectivity index (χ1n) is 6.97. The maximum atomic E-state index is 12.0. The lowest BCUT2D eigenvalue weighted by molar-refractivity contribution is -0.118. The summed E-state index contributed by atoms with van der Waals surface area (Å²) in [6.07, 6.45) is 0. The summed E-state index contributed by atoms with van der Waals surface area (Å²) < 4.78 is 12.3. The van der Waals surface area contributed by atoms with Crippen molar-refractivity contribution in [2.45, 2.75) is 13.8 Å². The van der Waals surface area contributed by atoms with E-state index >= 15 is 0 Å². The minimum atomic E-state index is -0.330. The monoisotopic (exact) mass is 332 g/mol. The van der Waals surface area contributed by atoms with E-state index in [1.54, 1.807) is 23.8 Å². The highest BCUT2D eigenvalue weighted by Gasteiger charge is 2.13. The van der Waals surface area contributed by atoms with Crippen molar-refractivity contribution in [3.63, 3.8) is 0 Å². The topological polar surface area (TPSA) is 77.8 Å². The number of hydrogen-bond donors (Lipinski definition) is 1. The van der Waals surface area contributed by atoms with E-state index in [0.29, 0.717) is 11.5 Å². The van der Waals surface area contributed by atoms with Gasteiger partial charge in [-0.15, -0.1) is 5.10 Å². The van der Waals surface area contributed by atoms with Crippen LogP contribution in [0.5, 0.6) is 11.5 Å². The van der Waals surface area contributed by atoms with Gasteiger partial charge in [0.05, 0.1) is 12.8 Å². The fraction of sp³-hybridized carbons (Fsp3) is 0.267. The lowest BCUT2D eigenvalue weighted by Gasteiger charge is -2.09. The van der Waals surface area contributed by atoms with Crippen LogP contribution in [-0.2, 0) is 4.79 Å². The van der Waals surface area contributed by atoms with E-state index in [1.165, 1.54) is 11.3 Å². The molecule has 0 saturated carbocycles. The van der Waals surface area contributed by atoms with Crippen LogP contribution >= 0.6 is 11.3 Å². The first kappa shape index (κ1) is 15.3. The molecule has 0 spiro atoms. The van der Waals surface area contributed by atoms with E-state index in [-0.39, 0.29) is 18.5 Å². The maximum absolute atomic E-state index is 12.0. The lowest BCUT2D eigenvalue weighted by atomic mass is 10.3. The van der Waals surface area contributed by atoms with Crippen LogP contribution in [0.15, 0.2) is 24.3 Å². The van der Waals surface area contributed by atoms with E-state index < -0.39 is 0 Å². The number of rotatable bonds is 5. The van der Waals surface area contributed by atoms with Gasteiger partial charge in [0.15, 0.2) is 18.1 Å². The second-order valence-electron chi connectivity index (χ2n) is 4.86. The molecule has 1 amide bonds. The molecule has 0 bridgehead atoms. The molecular formula is C15H16N4O3S. The second kappa shape index (κ2) is 6.25. The zero-order valence-electron chi connectivity index (χ0n) is 13.0. The zero-order valence-corrected chi connectivity index (χ0v) is 13.8. The molecule has 1 N–H and O–H groups in total. The molecule has 2 heterocycles. The Labute approximate surface area is 136 Å². The highest BCUT2D eigenvalue weighted by Crippen LogP contribution is 2.25. The van der Waals surface area contributed by atoms with Gasteiger partial charge in [0, 0.05) is 4.88 Å². The van der Waals surface area contributed by atoms with Crippen LogP contribution in [0.1, 0.15) is 10.6 Å². The number of fused-ring (bicyclic) bond motifs is 1. The van der Waals surface area contributed by atoms with Crippen LogP contribution in [-0.4, -0.2) is 34.2 Å². The number of amides is 1. The number of carbonyl (C=O) groups is 1. The molecule has 0 atom stereocenters. The Morgan fingerprint density at radius 1 is 1.30 bits per heavy atom. The fourth-order valence-electron chi connectivity index (χ4n) is 2.04. The number of para-hydroxylation sites is 2. The molecule has 7 nitrogen and oxygen atoms in total. The number of anilines is 1. The summed E-state index contributed by atoms with van der Waals surface area (Å²) in [5.74, 6) is 1.03. The Balaban J connectivity index is 1.64. The minimum absolute atomic E-state index is 0.148. The number of methoxy groups -OCH3 is 1. The number of nitrogens with one attached hydrogen (secondary N) is 1. The molecule has 3 rings (SSSR count). The van der Waals surface area contributed by atoms with Gasteiger partial charge in [-0.1, -0.05) is 23.5 Å². The number of aryl methyl sites for hydroxylation is 2. The highest BCUT2D eigenvalue weighted by molar-refractivity contribution is 7.17. The van der Waals surface area contributed by atoms with Crippen molar-refractivity contribution in [1.29, 1.82) is 0 Å². The number of ether oxygens (including phenoxy) is 2. The van der Waals surface area contributed by atoms with Gasteiger partial charge < -0.3 is 9.47 Å². The summed E-state index contributed by atoms with van der Waals surface area (Å²) in [4.78, 5) is 18.2.